The maximum absolute atomic E-state index is 10.2. The number of oxime groups is 1. The second-order valence-corrected chi connectivity index (χ2v) is 6.08. The van der Waals surface area contributed by atoms with Crippen LogP contribution in [0.3, 0.4) is 0 Å². The smallest absolute Gasteiger partial charge is 0.124 e. The number of benzene rings is 1. The molecule has 0 heterocycles. The highest BCUT2D eigenvalue weighted by atomic mass is 16.5. The van der Waals surface area contributed by atoms with Crippen molar-refractivity contribution < 1.29 is 15.1 Å². The first-order valence-electron chi connectivity index (χ1n) is 7.97. The molecule has 2 atom stereocenters. The Balaban J connectivity index is 1.80. The first-order chi connectivity index (χ1) is 10.3. The summed E-state index contributed by atoms with van der Waals surface area (Å²) in [5.74, 6) is 0.766. The number of fused-ring (bicyclic) bond motifs is 1. The zero-order valence-electron chi connectivity index (χ0n) is 12.3. The van der Waals surface area contributed by atoms with Crippen molar-refractivity contribution in [1.82, 2.24) is 0 Å². The molecule has 3 rings (SSSR count). The van der Waals surface area contributed by atoms with Gasteiger partial charge in [-0.25, -0.2) is 0 Å². The second-order valence-electron chi connectivity index (χ2n) is 6.08. The van der Waals surface area contributed by atoms with E-state index in [9.17, 15) is 5.11 Å². The Labute approximate surface area is 125 Å². The fourth-order valence-electron chi connectivity index (χ4n) is 3.37. The molecule has 0 amide bonds. The number of aliphatic hydroxyl groups is 1. The van der Waals surface area contributed by atoms with E-state index in [-0.39, 0.29) is 12.2 Å². The molecule has 1 aromatic carbocycles. The van der Waals surface area contributed by atoms with Crippen LogP contribution in [-0.4, -0.2) is 28.2 Å². The Bertz CT molecular complexity index is 527. The van der Waals surface area contributed by atoms with Gasteiger partial charge in [0.1, 0.15) is 11.9 Å². The minimum atomic E-state index is -0.380. The molecule has 0 radical (unpaired) electrons. The molecule has 4 heteroatoms. The van der Waals surface area contributed by atoms with Crippen LogP contribution >= 0.6 is 0 Å². The Morgan fingerprint density at radius 3 is 2.76 bits per heavy atom. The molecule has 0 spiro atoms. The monoisotopic (exact) mass is 289 g/mol. The van der Waals surface area contributed by atoms with E-state index in [1.807, 2.05) is 12.1 Å². The number of aryl methyl sites for hydroxylation is 1. The molecule has 114 valence electrons. The summed E-state index contributed by atoms with van der Waals surface area (Å²) in [6.07, 6.45) is 7.41. The van der Waals surface area contributed by atoms with Gasteiger partial charge in [-0.1, -0.05) is 24.1 Å². The number of ether oxygens (including phenoxy) is 1. The van der Waals surface area contributed by atoms with Gasteiger partial charge in [0.15, 0.2) is 0 Å². The predicted molar refractivity (Wildman–Crippen MR) is 81.2 cm³/mol. The summed E-state index contributed by atoms with van der Waals surface area (Å²) in [6, 6.07) is 5.98. The largest absolute Gasteiger partial charge is 0.488 e. The maximum atomic E-state index is 10.2. The van der Waals surface area contributed by atoms with Crippen molar-refractivity contribution in [2.45, 2.75) is 63.6 Å². The third-order valence-electron chi connectivity index (χ3n) is 4.58. The van der Waals surface area contributed by atoms with Gasteiger partial charge in [-0.2, -0.15) is 0 Å². The molecular weight excluding hydrogens is 266 g/mol. The van der Waals surface area contributed by atoms with Crippen molar-refractivity contribution in [2.75, 3.05) is 0 Å². The molecular formula is C17H23NO3. The van der Waals surface area contributed by atoms with Gasteiger partial charge in [0.05, 0.1) is 11.8 Å². The quantitative estimate of drug-likeness (QED) is 0.499. The minimum absolute atomic E-state index is 0.122. The molecule has 21 heavy (non-hydrogen) atoms. The van der Waals surface area contributed by atoms with Crippen LogP contribution in [-0.2, 0) is 6.42 Å². The number of hydrogen-bond donors (Lipinski definition) is 2. The van der Waals surface area contributed by atoms with E-state index < -0.39 is 0 Å². The third kappa shape index (κ3) is 3.21. The second kappa shape index (κ2) is 6.48. The van der Waals surface area contributed by atoms with Crippen molar-refractivity contribution in [3.05, 3.63) is 29.3 Å². The van der Waals surface area contributed by atoms with Gasteiger partial charge in [-0.3, -0.25) is 0 Å². The van der Waals surface area contributed by atoms with Crippen LogP contribution < -0.4 is 4.74 Å². The highest BCUT2D eigenvalue weighted by Gasteiger charge is 2.24. The van der Waals surface area contributed by atoms with Gasteiger partial charge < -0.3 is 15.1 Å². The van der Waals surface area contributed by atoms with Crippen LogP contribution in [0.4, 0.5) is 0 Å². The molecule has 0 bridgehead atoms. The van der Waals surface area contributed by atoms with E-state index in [0.717, 1.165) is 62.0 Å². The van der Waals surface area contributed by atoms with Crippen LogP contribution in [0.5, 0.6) is 5.75 Å². The van der Waals surface area contributed by atoms with E-state index in [4.69, 9.17) is 9.94 Å². The summed E-state index contributed by atoms with van der Waals surface area (Å²) in [4.78, 5) is 0. The van der Waals surface area contributed by atoms with Gasteiger partial charge in [-0.15, -0.1) is 0 Å². The standard InChI is InChI=1S/C17H23NO3/c19-16-7-2-1-3-8-17(16)21-13-10-9-12-5-4-6-15(18-20)14(12)11-13/h9-11,16-17,19-20H,1-8H2/b18-15-. The van der Waals surface area contributed by atoms with E-state index in [1.165, 1.54) is 12.0 Å². The van der Waals surface area contributed by atoms with E-state index in [0.29, 0.717) is 0 Å². The molecule has 1 fully saturated rings. The van der Waals surface area contributed by atoms with Gasteiger partial charge in [-0.05, 0) is 56.2 Å². The third-order valence-corrected chi connectivity index (χ3v) is 4.58. The Hall–Kier alpha value is -1.55. The number of hydrogen-bond acceptors (Lipinski definition) is 4. The Morgan fingerprint density at radius 2 is 1.90 bits per heavy atom. The first kappa shape index (κ1) is 14.4. The zero-order chi connectivity index (χ0) is 14.7. The Kier molecular flexibility index (Phi) is 4.44. The fraction of sp³-hybridized carbons (Fsp3) is 0.588. The highest BCUT2D eigenvalue weighted by Crippen LogP contribution is 2.28. The van der Waals surface area contributed by atoms with Crippen LogP contribution in [0.1, 0.15) is 56.1 Å². The molecule has 2 aliphatic carbocycles. The van der Waals surface area contributed by atoms with E-state index in [1.54, 1.807) is 0 Å². The molecule has 0 aliphatic heterocycles. The van der Waals surface area contributed by atoms with Crippen molar-refractivity contribution >= 4 is 5.71 Å². The molecule has 0 aromatic heterocycles. The van der Waals surface area contributed by atoms with E-state index in [2.05, 4.69) is 11.2 Å². The number of nitrogens with zero attached hydrogens (tertiary/aromatic N) is 1. The molecule has 0 saturated heterocycles. The maximum Gasteiger partial charge on any atom is 0.124 e. The van der Waals surface area contributed by atoms with Crippen molar-refractivity contribution in [2.24, 2.45) is 5.16 Å². The van der Waals surface area contributed by atoms with Crippen LogP contribution in [0.2, 0.25) is 0 Å². The normalized spacial score (nSPS) is 28.0. The van der Waals surface area contributed by atoms with Gasteiger partial charge >= 0.3 is 0 Å². The van der Waals surface area contributed by atoms with Gasteiger partial charge in [0.25, 0.3) is 0 Å². The van der Waals surface area contributed by atoms with Crippen molar-refractivity contribution in [1.29, 1.82) is 0 Å². The SMILES string of the molecule is O/N=C1/CCCc2ccc(OC3CCCCCC3O)cc21. The molecule has 2 unspecified atom stereocenters. The lowest BCUT2D eigenvalue weighted by Crippen LogP contribution is -2.30. The lowest BCUT2D eigenvalue weighted by atomic mass is 9.90. The van der Waals surface area contributed by atoms with Crippen LogP contribution in [0, 0.1) is 0 Å². The lowest BCUT2D eigenvalue weighted by Gasteiger charge is -2.24. The molecule has 1 aromatic rings. The van der Waals surface area contributed by atoms with Gasteiger partial charge in [0.2, 0.25) is 0 Å². The predicted octanol–water partition coefficient (Wildman–Crippen LogP) is 3.27. The summed E-state index contributed by atoms with van der Waals surface area (Å²) in [7, 11) is 0. The molecule has 4 nitrogen and oxygen atoms in total. The highest BCUT2D eigenvalue weighted by molar-refractivity contribution is 6.02. The van der Waals surface area contributed by atoms with Crippen LogP contribution in [0.25, 0.3) is 0 Å². The topological polar surface area (TPSA) is 62.1 Å². The average molecular weight is 289 g/mol. The minimum Gasteiger partial charge on any atom is -0.488 e. The lowest BCUT2D eigenvalue weighted by molar-refractivity contribution is 0.0319. The van der Waals surface area contributed by atoms with E-state index >= 15 is 0 Å². The van der Waals surface area contributed by atoms with Crippen LogP contribution in [0.15, 0.2) is 23.4 Å². The molecule has 2 aliphatic rings. The first-order valence-corrected chi connectivity index (χ1v) is 7.97. The molecule has 2 N–H and O–H groups in total. The Morgan fingerprint density at radius 1 is 1.05 bits per heavy atom. The summed E-state index contributed by atoms with van der Waals surface area (Å²) in [5, 5.41) is 22.7. The zero-order valence-corrected chi connectivity index (χ0v) is 12.3. The van der Waals surface area contributed by atoms with Gasteiger partial charge in [0, 0.05) is 5.56 Å². The summed E-state index contributed by atoms with van der Waals surface area (Å²) >= 11 is 0. The molecule has 1 saturated carbocycles. The fourth-order valence-corrected chi connectivity index (χ4v) is 3.37. The summed E-state index contributed by atoms with van der Waals surface area (Å²) < 4.78 is 6.02. The number of aliphatic hydroxyl groups excluding tert-OH is 1. The van der Waals surface area contributed by atoms with Crippen molar-refractivity contribution in [3.8, 4) is 5.75 Å². The summed E-state index contributed by atoms with van der Waals surface area (Å²) in [6.45, 7) is 0. The van der Waals surface area contributed by atoms with Crippen molar-refractivity contribution in [3.63, 3.8) is 0 Å². The summed E-state index contributed by atoms with van der Waals surface area (Å²) in [5.41, 5.74) is 2.94. The average Bonchev–Trinajstić information content (AvgIpc) is 2.71. The number of rotatable bonds is 2.